The summed E-state index contributed by atoms with van der Waals surface area (Å²) in [5.74, 6) is -2.07. The number of halogens is 2. The summed E-state index contributed by atoms with van der Waals surface area (Å²) in [5.41, 5.74) is 0.744. The van der Waals surface area contributed by atoms with Gasteiger partial charge in [-0.25, -0.2) is 8.78 Å². The van der Waals surface area contributed by atoms with Crippen molar-refractivity contribution in [2.24, 2.45) is 0 Å². The minimum atomic E-state index is -0.966. The number of aryl methyl sites for hydroxylation is 1. The van der Waals surface area contributed by atoms with Crippen molar-refractivity contribution in [2.45, 2.75) is 52.1 Å². The second kappa shape index (κ2) is 5.27. The van der Waals surface area contributed by atoms with Gasteiger partial charge in [-0.3, -0.25) is 4.79 Å². The molecular formula is C15H19F2NO. The van der Waals surface area contributed by atoms with Gasteiger partial charge in [0.25, 0.3) is 5.91 Å². The van der Waals surface area contributed by atoms with Gasteiger partial charge in [-0.2, -0.15) is 0 Å². The van der Waals surface area contributed by atoms with Crippen LogP contribution in [0, 0.1) is 18.6 Å². The molecular weight excluding hydrogens is 248 g/mol. The highest BCUT2D eigenvalue weighted by molar-refractivity contribution is 5.96. The first-order chi connectivity index (χ1) is 8.91. The van der Waals surface area contributed by atoms with Crippen LogP contribution in [0.15, 0.2) is 12.1 Å². The van der Waals surface area contributed by atoms with Crippen LogP contribution in [0.1, 0.15) is 49.0 Å². The maximum Gasteiger partial charge on any atom is 0.254 e. The van der Waals surface area contributed by atoms with Gasteiger partial charge in [-0.1, -0.05) is 0 Å². The zero-order valence-corrected chi connectivity index (χ0v) is 11.5. The number of amides is 1. The lowest BCUT2D eigenvalue weighted by Crippen LogP contribution is -2.47. The highest BCUT2D eigenvalue weighted by Crippen LogP contribution is 2.26. The van der Waals surface area contributed by atoms with Gasteiger partial charge in [-0.05, 0) is 57.7 Å². The molecule has 1 aliphatic heterocycles. The Morgan fingerprint density at radius 1 is 1.16 bits per heavy atom. The van der Waals surface area contributed by atoms with E-state index in [0.29, 0.717) is 5.56 Å². The summed E-state index contributed by atoms with van der Waals surface area (Å²) >= 11 is 0. The molecule has 0 saturated carbocycles. The quantitative estimate of drug-likeness (QED) is 0.760. The van der Waals surface area contributed by atoms with Crippen molar-refractivity contribution in [3.8, 4) is 0 Å². The predicted molar refractivity (Wildman–Crippen MR) is 70.0 cm³/mol. The Morgan fingerprint density at radius 2 is 1.68 bits per heavy atom. The molecule has 4 heteroatoms. The van der Waals surface area contributed by atoms with E-state index in [0.717, 1.165) is 31.4 Å². The highest BCUT2D eigenvalue weighted by atomic mass is 19.2. The SMILES string of the molecule is Cc1cc(F)c(F)cc1C(=O)N1[C@H](C)CCC[C@@H]1C. The van der Waals surface area contributed by atoms with E-state index in [1.807, 2.05) is 13.8 Å². The normalized spacial score (nSPS) is 23.5. The van der Waals surface area contributed by atoms with E-state index in [1.165, 1.54) is 0 Å². The third kappa shape index (κ3) is 2.62. The summed E-state index contributed by atoms with van der Waals surface area (Å²) < 4.78 is 26.5. The van der Waals surface area contributed by atoms with E-state index in [4.69, 9.17) is 0 Å². The van der Waals surface area contributed by atoms with Gasteiger partial charge in [0.05, 0.1) is 0 Å². The van der Waals surface area contributed by atoms with Crippen LogP contribution in [0.5, 0.6) is 0 Å². The number of carbonyl (C=O) groups excluding carboxylic acids is 1. The van der Waals surface area contributed by atoms with E-state index in [1.54, 1.807) is 11.8 Å². The first-order valence-electron chi connectivity index (χ1n) is 6.70. The van der Waals surface area contributed by atoms with Crippen molar-refractivity contribution in [1.82, 2.24) is 4.90 Å². The van der Waals surface area contributed by atoms with Gasteiger partial charge in [0.1, 0.15) is 0 Å². The number of nitrogens with zero attached hydrogens (tertiary/aromatic N) is 1. The van der Waals surface area contributed by atoms with E-state index in [2.05, 4.69) is 0 Å². The zero-order valence-electron chi connectivity index (χ0n) is 11.5. The third-order valence-electron chi connectivity index (χ3n) is 3.93. The lowest BCUT2D eigenvalue weighted by molar-refractivity contribution is 0.0509. The first-order valence-corrected chi connectivity index (χ1v) is 6.70. The number of rotatable bonds is 1. The smallest absolute Gasteiger partial charge is 0.254 e. The Kier molecular flexibility index (Phi) is 3.88. The zero-order chi connectivity index (χ0) is 14.2. The fourth-order valence-electron chi connectivity index (χ4n) is 2.84. The summed E-state index contributed by atoms with van der Waals surface area (Å²) in [4.78, 5) is 14.3. The molecule has 19 heavy (non-hydrogen) atoms. The highest BCUT2D eigenvalue weighted by Gasteiger charge is 2.30. The standard InChI is InChI=1S/C15H19F2NO/c1-9-7-13(16)14(17)8-12(9)15(19)18-10(2)5-4-6-11(18)3/h7-8,10-11H,4-6H2,1-3H3/t10-,11+. The van der Waals surface area contributed by atoms with Crippen LogP contribution < -0.4 is 0 Å². The second-order valence-electron chi connectivity index (χ2n) is 5.42. The van der Waals surface area contributed by atoms with Crippen LogP contribution in [0.25, 0.3) is 0 Å². The van der Waals surface area contributed by atoms with Crippen molar-refractivity contribution >= 4 is 5.91 Å². The van der Waals surface area contributed by atoms with Crippen molar-refractivity contribution in [3.05, 3.63) is 34.9 Å². The second-order valence-corrected chi connectivity index (χ2v) is 5.42. The number of hydrogen-bond acceptors (Lipinski definition) is 1. The number of benzene rings is 1. The first kappa shape index (κ1) is 14.0. The number of likely N-dealkylation sites (tertiary alicyclic amines) is 1. The Hall–Kier alpha value is -1.45. The summed E-state index contributed by atoms with van der Waals surface area (Å²) in [5, 5.41) is 0. The van der Waals surface area contributed by atoms with E-state index >= 15 is 0 Å². The summed E-state index contributed by atoms with van der Waals surface area (Å²) in [6.07, 6.45) is 3.01. The minimum absolute atomic E-state index is 0.142. The molecule has 1 saturated heterocycles. The number of carbonyl (C=O) groups is 1. The monoisotopic (exact) mass is 267 g/mol. The Balaban J connectivity index is 2.35. The molecule has 0 unspecified atom stereocenters. The molecule has 0 aliphatic carbocycles. The molecule has 104 valence electrons. The Bertz CT molecular complexity index is 491. The number of piperidine rings is 1. The molecule has 0 radical (unpaired) electrons. The Morgan fingerprint density at radius 3 is 2.26 bits per heavy atom. The topological polar surface area (TPSA) is 20.3 Å². The van der Waals surface area contributed by atoms with Gasteiger partial charge >= 0.3 is 0 Å². The van der Waals surface area contributed by atoms with Crippen LogP contribution in [-0.2, 0) is 0 Å². The molecule has 0 N–H and O–H groups in total. The lowest BCUT2D eigenvalue weighted by atomic mass is 9.95. The largest absolute Gasteiger partial charge is 0.333 e. The molecule has 1 heterocycles. The summed E-state index contributed by atoms with van der Waals surface area (Å²) in [6, 6.07) is 2.38. The number of hydrogen-bond donors (Lipinski definition) is 0. The van der Waals surface area contributed by atoms with Gasteiger partial charge < -0.3 is 4.90 Å². The average molecular weight is 267 g/mol. The van der Waals surface area contributed by atoms with E-state index in [-0.39, 0.29) is 23.6 Å². The van der Waals surface area contributed by atoms with E-state index < -0.39 is 11.6 Å². The van der Waals surface area contributed by atoms with E-state index in [9.17, 15) is 13.6 Å². The third-order valence-corrected chi connectivity index (χ3v) is 3.93. The fourth-order valence-corrected chi connectivity index (χ4v) is 2.84. The van der Waals surface area contributed by atoms with Crippen LogP contribution in [0.3, 0.4) is 0 Å². The molecule has 0 aromatic heterocycles. The predicted octanol–water partition coefficient (Wildman–Crippen LogP) is 3.68. The van der Waals surface area contributed by atoms with Crippen LogP contribution in [-0.4, -0.2) is 22.9 Å². The Labute approximate surface area is 112 Å². The van der Waals surface area contributed by atoms with Gasteiger partial charge in [0.2, 0.25) is 0 Å². The van der Waals surface area contributed by atoms with Crippen molar-refractivity contribution < 1.29 is 13.6 Å². The molecule has 1 aromatic carbocycles. The molecule has 1 fully saturated rings. The maximum absolute atomic E-state index is 13.3. The molecule has 1 aromatic rings. The van der Waals surface area contributed by atoms with Gasteiger partial charge in [0.15, 0.2) is 11.6 Å². The molecule has 2 rings (SSSR count). The van der Waals surface area contributed by atoms with Gasteiger partial charge in [-0.15, -0.1) is 0 Å². The fraction of sp³-hybridized carbons (Fsp3) is 0.533. The van der Waals surface area contributed by atoms with Gasteiger partial charge in [0, 0.05) is 17.6 Å². The van der Waals surface area contributed by atoms with Crippen molar-refractivity contribution in [3.63, 3.8) is 0 Å². The van der Waals surface area contributed by atoms with Crippen LogP contribution >= 0.6 is 0 Å². The minimum Gasteiger partial charge on any atom is -0.333 e. The summed E-state index contributed by atoms with van der Waals surface area (Å²) in [7, 11) is 0. The van der Waals surface area contributed by atoms with Crippen molar-refractivity contribution in [2.75, 3.05) is 0 Å². The summed E-state index contributed by atoms with van der Waals surface area (Å²) in [6.45, 7) is 5.64. The maximum atomic E-state index is 13.3. The lowest BCUT2D eigenvalue weighted by Gasteiger charge is -2.39. The molecule has 1 aliphatic rings. The molecule has 1 amide bonds. The molecule has 0 spiro atoms. The van der Waals surface area contributed by atoms with Crippen LogP contribution in [0.4, 0.5) is 8.78 Å². The van der Waals surface area contributed by atoms with Crippen molar-refractivity contribution in [1.29, 1.82) is 0 Å². The van der Waals surface area contributed by atoms with Crippen LogP contribution in [0.2, 0.25) is 0 Å². The molecule has 2 atom stereocenters. The molecule has 2 nitrogen and oxygen atoms in total. The average Bonchev–Trinajstić information content (AvgIpc) is 2.33. The molecule has 0 bridgehead atoms.